The van der Waals surface area contributed by atoms with Gasteiger partial charge < -0.3 is 19.4 Å². The van der Waals surface area contributed by atoms with E-state index in [9.17, 15) is 4.79 Å². The van der Waals surface area contributed by atoms with Crippen molar-refractivity contribution in [1.29, 1.82) is 0 Å². The number of amides is 1. The van der Waals surface area contributed by atoms with Crippen molar-refractivity contribution in [3.05, 3.63) is 18.2 Å². The zero-order valence-corrected chi connectivity index (χ0v) is 12.6. The van der Waals surface area contributed by atoms with Crippen molar-refractivity contribution in [3.8, 4) is 0 Å². The number of carbonyl (C=O) groups excluding carboxylic acids is 1. The monoisotopic (exact) mass is 293 g/mol. The summed E-state index contributed by atoms with van der Waals surface area (Å²) in [6, 6.07) is -0.0251. The third-order valence-corrected chi connectivity index (χ3v) is 4.39. The maximum atomic E-state index is 12.3. The Labute approximate surface area is 124 Å². The second-order valence-corrected chi connectivity index (χ2v) is 5.82. The average molecular weight is 293 g/mol. The molecule has 2 aliphatic rings. The van der Waals surface area contributed by atoms with Gasteiger partial charge in [0.1, 0.15) is 18.0 Å². The highest BCUT2D eigenvalue weighted by Crippen LogP contribution is 2.29. The molecule has 2 aliphatic heterocycles. The summed E-state index contributed by atoms with van der Waals surface area (Å²) in [5.41, 5.74) is 0. The van der Waals surface area contributed by atoms with E-state index in [-0.39, 0.29) is 30.3 Å². The van der Waals surface area contributed by atoms with E-state index < -0.39 is 0 Å². The molecule has 2 saturated heterocycles. The van der Waals surface area contributed by atoms with E-state index in [4.69, 9.17) is 9.47 Å². The minimum atomic E-state index is -0.308. The summed E-state index contributed by atoms with van der Waals surface area (Å²) in [6.07, 6.45) is 6.95. The maximum absolute atomic E-state index is 12.3. The highest BCUT2D eigenvalue weighted by Gasteiger charge is 2.36. The Morgan fingerprint density at radius 3 is 3.00 bits per heavy atom. The van der Waals surface area contributed by atoms with Gasteiger partial charge in [0.15, 0.2) is 0 Å². The van der Waals surface area contributed by atoms with E-state index in [0.717, 1.165) is 31.5 Å². The average Bonchev–Trinajstić information content (AvgIpc) is 3.18. The number of hydrogen-bond acceptors (Lipinski definition) is 4. The van der Waals surface area contributed by atoms with Gasteiger partial charge in [-0.05, 0) is 25.7 Å². The number of aryl methyl sites for hydroxylation is 1. The largest absolute Gasteiger partial charge is 0.368 e. The van der Waals surface area contributed by atoms with Gasteiger partial charge in [-0.2, -0.15) is 0 Å². The van der Waals surface area contributed by atoms with Crippen molar-refractivity contribution in [1.82, 2.24) is 14.9 Å². The van der Waals surface area contributed by atoms with Crippen LogP contribution in [0.3, 0.4) is 0 Å². The van der Waals surface area contributed by atoms with Gasteiger partial charge in [0.25, 0.3) is 0 Å². The lowest BCUT2D eigenvalue weighted by molar-refractivity contribution is -0.133. The molecule has 3 heterocycles. The Hall–Kier alpha value is -1.40. The minimum Gasteiger partial charge on any atom is -0.368 e. The standard InChI is InChI=1S/C15H23N3O3/c1-3-10-4-5-12(21-10)15(19)17-11-6-9-20-13(11)14-16-7-8-18(14)2/h7-8,10-13H,3-6,9H2,1-2H3,(H,17,19)/t10-,11+,12+,13+/m1/s1. The van der Waals surface area contributed by atoms with Crippen molar-refractivity contribution < 1.29 is 14.3 Å². The number of ether oxygens (including phenoxy) is 2. The first-order valence-electron chi connectivity index (χ1n) is 7.73. The Morgan fingerprint density at radius 2 is 2.33 bits per heavy atom. The fourth-order valence-electron chi connectivity index (χ4n) is 3.12. The number of nitrogens with zero attached hydrogens (tertiary/aromatic N) is 2. The van der Waals surface area contributed by atoms with E-state index >= 15 is 0 Å². The van der Waals surface area contributed by atoms with Crippen molar-refractivity contribution in [2.45, 2.75) is 57.0 Å². The number of hydrogen-bond donors (Lipinski definition) is 1. The Morgan fingerprint density at radius 1 is 1.48 bits per heavy atom. The quantitative estimate of drug-likeness (QED) is 0.909. The summed E-state index contributed by atoms with van der Waals surface area (Å²) in [6.45, 7) is 2.73. The van der Waals surface area contributed by atoms with E-state index in [2.05, 4.69) is 17.2 Å². The number of carbonyl (C=O) groups is 1. The Balaban J connectivity index is 1.62. The van der Waals surface area contributed by atoms with Gasteiger partial charge in [0.05, 0.1) is 12.1 Å². The lowest BCUT2D eigenvalue weighted by atomic mass is 10.1. The normalized spacial score (nSPS) is 32.5. The first-order valence-corrected chi connectivity index (χ1v) is 7.73. The highest BCUT2D eigenvalue weighted by atomic mass is 16.5. The summed E-state index contributed by atoms with van der Waals surface area (Å²) in [5.74, 6) is 0.845. The fourth-order valence-corrected chi connectivity index (χ4v) is 3.12. The first kappa shape index (κ1) is 14.5. The number of rotatable bonds is 4. The van der Waals surface area contributed by atoms with Crippen LogP contribution in [0.15, 0.2) is 12.4 Å². The van der Waals surface area contributed by atoms with Gasteiger partial charge in [0.2, 0.25) is 5.91 Å². The number of nitrogens with one attached hydrogen (secondary N) is 1. The minimum absolute atomic E-state index is 0.0133. The van der Waals surface area contributed by atoms with Crippen molar-refractivity contribution in [2.75, 3.05) is 6.61 Å². The molecule has 0 radical (unpaired) electrons. The third-order valence-electron chi connectivity index (χ3n) is 4.39. The van der Waals surface area contributed by atoms with Crippen LogP contribution in [0.4, 0.5) is 0 Å². The highest BCUT2D eigenvalue weighted by molar-refractivity contribution is 5.81. The van der Waals surface area contributed by atoms with Gasteiger partial charge in [-0.25, -0.2) is 4.98 Å². The van der Waals surface area contributed by atoms with Crippen LogP contribution in [0, 0.1) is 0 Å². The molecule has 0 saturated carbocycles. The molecule has 116 valence electrons. The van der Waals surface area contributed by atoms with Gasteiger partial charge in [-0.3, -0.25) is 4.79 Å². The van der Waals surface area contributed by atoms with Crippen molar-refractivity contribution in [3.63, 3.8) is 0 Å². The molecule has 1 aromatic rings. The predicted molar refractivity (Wildman–Crippen MR) is 76.6 cm³/mol. The molecule has 3 rings (SSSR count). The molecule has 4 atom stereocenters. The van der Waals surface area contributed by atoms with Crippen LogP contribution in [-0.4, -0.2) is 40.3 Å². The molecular weight excluding hydrogens is 270 g/mol. The summed E-state index contributed by atoms with van der Waals surface area (Å²) >= 11 is 0. The number of imidazole rings is 1. The zero-order chi connectivity index (χ0) is 14.8. The van der Waals surface area contributed by atoms with Gasteiger partial charge in [-0.1, -0.05) is 6.92 Å². The Bertz CT molecular complexity index is 502. The van der Waals surface area contributed by atoms with Gasteiger partial charge in [-0.15, -0.1) is 0 Å². The molecule has 6 nitrogen and oxygen atoms in total. The second-order valence-electron chi connectivity index (χ2n) is 5.82. The topological polar surface area (TPSA) is 65.4 Å². The summed E-state index contributed by atoms with van der Waals surface area (Å²) in [4.78, 5) is 16.7. The smallest absolute Gasteiger partial charge is 0.249 e. The van der Waals surface area contributed by atoms with Crippen LogP contribution in [0.25, 0.3) is 0 Å². The maximum Gasteiger partial charge on any atom is 0.249 e. The molecule has 1 N–H and O–H groups in total. The molecule has 0 unspecified atom stereocenters. The molecule has 2 fully saturated rings. The molecule has 0 bridgehead atoms. The van der Waals surface area contributed by atoms with Crippen LogP contribution in [-0.2, 0) is 21.3 Å². The zero-order valence-electron chi connectivity index (χ0n) is 12.6. The first-order chi connectivity index (χ1) is 10.2. The van der Waals surface area contributed by atoms with Crippen LogP contribution in [0.1, 0.15) is 44.5 Å². The molecule has 0 aromatic carbocycles. The SMILES string of the molecule is CC[C@@H]1CC[C@@H](C(=O)N[C@H]2CCO[C@@H]2c2nccn2C)O1. The molecule has 1 amide bonds. The van der Waals surface area contributed by atoms with Gasteiger partial charge >= 0.3 is 0 Å². The summed E-state index contributed by atoms with van der Waals surface area (Å²) < 4.78 is 13.5. The molecule has 0 aliphatic carbocycles. The molecular formula is C15H23N3O3. The Kier molecular flexibility index (Phi) is 4.26. The van der Waals surface area contributed by atoms with Crippen LogP contribution >= 0.6 is 0 Å². The molecule has 6 heteroatoms. The fraction of sp³-hybridized carbons (Fsp3) is 0.733. The summed E-state index contributed by atoms with van der Waals surface area (Å²) in [5, 5.41) is 3.09. The van der Waals surface area contributed by atoms with E-state index in [1.165, 1.54) is 0 Å². The second kappa shape index (κ2) is 6.15. The van der Waals surface area contributed by atoms with Gasteiger partial charge in [0, 0.05) is 26.0 Å². The van der Waals surface area contributed by atoms with Crippen LogP contribution < -0.4 is 5.32 Å². The van der Waals surface area contributed by atoms with E-state index in [1.54, 1.807) is 6.20 Å². The molecule has 21 heavy (non-hydrogen) atoms. The molecule has 0 spiro atoms. The van der Waals surface area contributed by atoms with E-state index in [0.29, 0.717) is 6.61 Å². The lowest BCUT2D eigenvalue weighted by Gasteiger charge is -2.21. The van der Waals surface area contributed by atoms with E-state index in [1.807, 2.05) is 17.8 Å². The summed E-state index contributed by atoms with van der Waals surface area (Å²) in [7, 11) is 1.94. The predicted octanol–water partition coefficient (Wildman–Crippen LogP) is 1.32. The van der Waals surface area contributed by atoms with Crippen LogP contribution in [0.2, 0.25) is 0 Å². The van der Waals surface area contributed by atoms with Crippen molar-refractivity contribution >= 4 is 5.91 Å². The number of aromatic nitrogens is 2. The third kappa shape index (κ3) is 2.96. The lowest BCUT2D eigenvalue weighted by Crippen LogP contribution is -2.43. The van der Waals surface area contributed by atoms with Crippen molar-refractivity contribution in [2.24, 2.45) is 7.05 Å². The molecule has 1 aromatic heterocycles. The van der Waals surface area contributed by atoms with Crippen LogP contribution in [0.5, 0.6) is 0 Å².